The van der Waals surface area contributed by atoms with Crippen molar-refractivity contribution in [3.63, 3.8) is 0 Å². The van der Waals surface area contributed by atoms with Crippen LogP contribution in [0, 0.1) is 0 Å². The summed E-state index contributed by atoms with van der Waals surface area (Å²) in [5, 5.41) is 11.5. The second kappa shape index (κ2) is 6.23. The lowest BCUT2D eigenvalue weighted by atomic mass is 10.1. The Labute approximate surface area is 123 Å². The van der Waals surface area contributed by atoms with Crippen molar-refractivity contribution in [2.45, 2.75) is 37.8 Å². The smallest absolute Gasteiger partial charge is 0.324 e. The first-order chi connectivity index (χ1) is 9.54. The maximum atomic E-state index is 12.1. The molecule has 0 spiro atoms. The number of rotatable bonds is 6. The van der Waals surface area contributed by atoms with E-state index in [2.05, 4.69) is 10.0 Å². The first kappa shape index (κ1) is 17.1. The molecule has 0 atom stereocenters. The molecule has 0 fully saturated rings. The fraction of sp³-hybridized carbons (Fsp3) is 0.385. The van der Waals surface area contributed by atoms with Crippen molar-refractivity contribution in [1.29, 1.82) is 0 Å². The van der Waals surface area contributed by atoms with E-state index >= 15 is 0 Å². The number of benzene rings is 1. The minimum Gasteiger partial charge on any atom is -0.480 e. The summed E-state index contributed by atoms with van der Waals surface area (Å²) in [4.78, 5) is 21.7. The zero-order valence-corrected chi connectivity index (χ0v) is 12.8. The molecule has 0 radical (unpaired) electrons. The normalized spacial score (nSPS) is 12.0. The van der Waals surface area contributed by atoms with Crippen molar-refractivity contribution >= 4 is 21.9 Å². The van der Waals surface area contributed by atoms with Crippen LogP contribution < -0.4 is 10.0 Å². The van der Waals surface area contributed by atoms with Gasteiger partial charge in [0.15, 0.2) is 0 Å². The van der Waals surface area contributed by atoms with Gasteiger partial charge in [-0.25, -0.2) is 8.42 Å². The van der Waals surface area contributed by atoms with Gasteiger partial charge in [-0.05, 0) is 31.5 Å². The monoisotopic (exact) mass is 314 g/mol. The Balaban J connectivity index is 2.90. The van der Waals surface area contributed by atoms with Crippen LogP contribution in [0.25, 0.3) is 0 Å². The molecule has 0 aliphatic rings. The van der Waals surface area contributed by atoms with Gasteiger partial charge in [0.2, 0.25) is 15.9 Å². The first-order valence-electron chi connectivity index (χ1n) is 6.15. The van der Waals surface area contributed by atoms with E-state index in [1.165, 1.54) is 32.9 Å². The van der Waals surface area contributed by atoms with Gasteiger partial charge in [-0.2, -0.15) is 4.72 Å². The van der Waals surface area contributed by atoms with Crippen molar-refractivity contribution in [2.24, 2.45) is 0 Å². The van der Waals surface area contributed by atoms with Gasteiger partial charge in [0.25, 0.3) is 0 Å². The van der Waals surface area contributed by atoms with Gasteiger partial charge in [0.1, 0.15) is 5.54 Å². The van der Waals surface area contributed by atoms with Gasteiger partial charge in [-0.15, -0.1) is 0 Å². The SMILES string of the molecule is CC(=O)NCc1ccc(S(=O)(=O)NC(C)(C)C(=O)O)cc1. The van der Waals surface area contributed by atoms with Crippen molar-refractivity contribution < 1.29 is 23.1 Å². The highest BCUT2D eigenvalue weighted by atomic mass is 32.2. The summed E-state index contributed by atoms with van der Waals surface area (Å²) in [5.41, 5.74) is -0.866. The van der Waals surface area contributed by atoms with E-state index in [9.17, 15) is 18.0 Å². The first-order valence-corrected chi connectivity index (χ1v) is 7.64. The third kappa shape index (κ3) is 4.83. The number of carboxylic acid groups (broad SMARTS) is 1. The van der Waals surface area contributed by atoms with E-state index in [0.717, 1.165) is 5.56 Å². The van der Waals surface area contributed by atoms with Gasteiger partial charge >= 0.3 is 5.97 Å². The molecule has 0 saturated heterocycles. The number of carboxylic acids is 1. The molecule has 21 heavy (non-hydrogen) atoms. The Morgan fingerprint density at radius 2 is 1.71 bits per heavy atom. The molecule has 1 amide bonds. The molecule has 1 aromatic carbocycles. The Morgan fingerprint density at radius 3 is 2.14 bits per heavy atom. The van der Waals surface area contributed by atoms with Crippen molar-refractivity contribution in [3.05, 3.63) is 29.8 Å². The predicted molar refractivity (Wildman–Crippen MR) is 76.0 cm³/mol. The van der Waals surface area contributed by atoms with Crippen molar-refractivity contribution in [1.82, 2.24) is 10.0 Å². The van der Waals surface area contributed by atoms with Gasteiger partial charge in [-0.1, -0.05) is 12.1 Å². The van der Waals surface area contributed by atoms with Crippen LogP contribution in [-0.4, -0.2) is 30.9 Å². The Kier molecular flexibility index (Phi) is 5.08. The summed E-state index contributed by atoms with van der Waals surface area (Å²) < 4.78 is 26.3. The zero-order valence-electron chi connectivity index (χ0n) is 12.0. The van der Waals surface area contributed by atoms with E-state index in [-0.39, 0.29) is 10.8 Å². The largest absolute Gasteiger partial charge is 0.480 e. The average Bonchev–Trinajstić information content (AvgIpc) is 2.35. The van der Waals surface area contributed by atoms with Gasteiger partial charge in [0.05, 0.1) is 4.90 Å². The Bertz CT molecular complexity index is 635. The molecule has 0 aromatic heterocycles. The van der Waals surface area contributed by atoms with Gasteiger partial charge in [0, 0.05) is 13.5 Å². The molecule has 0 unspecified atom stereocenters. The highest BCUT2D eigenvalue weighted by Gasteiger charge is 2.32. The van der Waals surface area contributed by atoms with Crippen LogP contribution in [0.3, 0.4) is 0 Å². The molecule has 1 aromatic rings. The lowest BCUT2D eigenvalue weighted by Crippen LogP contribution is -2.49. The lowest BCUT2D eigenvalue weighted by Gasteiger charge is -2.20. The number of amides is 1. The second-order valence-corrected chi connectivity index (χ2v) is 6.77. The van der Waals surface area contributed by atoms with E-state index < -0.39 is 21.5 Å². The summed E-state index contributed by atoms with van der Waals surface area (Å²) in [6, 6.07) is 5.82. The summed E-state index contributed by atoms with van der Waals surface area (Å²) in [6.45, 7) is 4.20. The van der Waals surface area contributed by atoms with Crippen LogP contribution in [0.1, 0.15) is 26.3 Å². The molecular weight excluding hydrogens is 296 g/mol. The highest BCUT2D eigenvalue weighted by molar-refractivity contribution is 7.89. The van der Waals surface area contributed by atoms with Crippen LogP contribution in [0.5, 0.6) is 0 Å². The molecule has 0 heterocycles. The molecule has 7 nitrogen and oxygen atoms in total. The topological polar surface area (TPSA) is 113 Å². The quantitative estimate of drug-likeness (QED) is 0.706. The fourth-order valence-corrected chi connectivity index (χ4v) is 2.82. The van der Waals surface area contributed by atoms with Crippen LogP contribution in [0.2, 0.25) is 0 Å². The lowest BCUT2D eigenvalue weighted by molar-refractivity contribution is -0.142. The van der Waals surface area contributed by atoms with Crippen LogP contribution in [0.4, 0.5) is 0 Å². The van der Waals surface area contributed by atoms with Crippen LogP contribution in [0.15, 0.2) is 29.2 Å². The number of sulfonamides is 1. The maximum absolute atomic E-state index is 12.1. The summed E-state index contributed by atoms with van der Waals surface area (Å²) in [7, 11) is -3.93. The molecule has 8 heteroatoms. The minimum absolute atomic E-state index is 0.0385. The molecular formula is C13H18N2O5S. The molecule has 1 rings (SSSR count). The average molecular weight is 314 g/mol. The molecule has 0 aliphatic heterocycles. The number of hydrogen-bond acceptors (Lipinski definition) is 4. The van der Waals surface area contributed by atoms with Crippen LogP contribution in [-0.2, 0) is 26.2 Å². The highest BCUT2D eigenvalue weighted by Crippen LogP contribution is 2.14. The van der Waals surface area contributed by atoms with Crippen LogP contribution >= 0.6 is 0 Å². The number of hydrogen-bond donors (Lipinski definition) is 3. The zero-order chi connectivity index (χ0) is 16.3. The Hall–Kier alpha value is -1.93. The Morgan fingerprint density at radius 1 is 1.19 bits per heavy atom. The van der Waals surface area contributed by atoms with Crippen molar-refractivity contribution in [2.75, 3.05) is 0 Å². The summed E-state index contributed by atoms with van der Waals surface area (Å²) in [5.74, 6) is -1.45. The number of aliphatic carboxylic acids is 1. The van der Waals surface area contributed by atoms with E-state index in [0.29, 0.717) is 6.54 Å². The second-order valence-electron chi connectivity index (χ2n) is 5.09. The summed E-state index contributed by atoms with van der Waals surface area (Å²) in [6.07, 6.45) is 0. The maximum Gasteiger partial charge on any atom is 0.324 e. The number of nitrogens with one attached hydrogen (secondary N) is 2. The van der Waals surface area contributed by atoms with E-state index in [4.69, 9.17) is 5.11 Å². The minimum atomic E-state index is -3.93. The molecule has 3 N–H and O–H groups in total. The number of carbonyl (C=O) groups excluding carboxylic acids is 1. The van der Waals surface area contributed by atoms with Gasteiger partial charge in [-0.3, -0.25) is 9.59 Å². The molecule has 0 aliphatic carbocycles. The van der Waals surface area contributed by atoms with E-state index in [1.54, 1.807) is 12.1 Å². The predicted octanol–water partition coefficient (Wildman–Crippen LogP) is 0.464. The summed E-state index contributed by atoms with van der Waals surface area (Å²) >= 11 is 0. The van der Waals surface area contributed by atoms with Gasteiger partial charge < -0.3 is 10.4 Å². The molecule has 0 bridgehead atoms. The third-order valence-corrected chi connectivity index (χ3v) is 4.37. The standard InChI is InChI=1S/C13H18N2O5S/c1-9(16)14-8-10-4-6-11(7-5-10)21(19,20)15-13(2,3)12(17)18/h4-7,15H,8H2,1-3H3,(H,14,16)(H,17,18). The molecule has 116 valence electrons. The van der Waals surface area contributed by atoms with E-state index in [1.807, 2.05) is 0 Å². The fourth-order valence-electron chi connectivity index (χ4n) is 1.45. The molecule has 0 saturated carbocycles. The third-order valence-electron chi connectivity index (χ3n) is 2.70. The number of carbonyl (C=O) groups is 2. The van der Waals surface area contributed by atoms with Crippen molar-refractivity contribution in [3.8, 4) is 0 Å².